The van der Waals surface area contributed by atoms with Crippen molar-refractivity contribution in [3.63, 3.8) is 0 Å². The summed E-state index contributed by atoms with van der Waals surface area (Å²) < 4.78 is 39.4. The molecule has 1 aliphatic carbocycles. The van der Waals surface area contributed by atoms with Crippen molar-refractivity contribution in [2.24, 2.45) is 5.92 Å². The maximum atomic E-state index is 13.5. The Kier molecular flexibility index (Phi) is 5.66. The molecule has 0 radical (unpaired) electrons. The lowest BCUT2D eigenvalue weighted by Crippen LogP contribution is -2.48. The Bertz CT molecular complexity index is 870. The van der Waals surface area contributed by atoms with Gasteiger partial charge in [0.05, 0.1) is 5.56 Å². The van der Waals surface area contributed by atoms with Crippen molar-refractivity contribution < 1.29 is 18.0 Å². The molecule has 1 fully saturated rings. The predicted molar refractivity (Wildman–Crippen MR) is 108 cm³/mol. The van der Waals surface area contributed by atoms with Gasteiger partial charge >= 0.3 is 6.18 Å². The van der Waals surface area contributed by atoms with Crippen LogP contribution in [0.5, 0.6) is 0 Å². The molecule has 2 aromatic carbocycles. The zero-order chi connectivity index (χ0) is 20.4. The van der Waals surface area contributed by atoms with Crippen LogP contribution in [0.15, 0.2) is 48.5 Å². The standard InChI is InChI=1S/C24H26F3NO/c25-24(26,27)20-11-6-7-17(15-20)16-21-14-13-18-8-4-5-12-22(18)28(21)23(29)19-9-2-1-3-10-19/h4-8,11-12,15,19,21H,1-3,9-10,13-14,16H2. The van der Waals surface area contributed by atoms with Crippen LogP contribution < -0.4 is 4.90 Å². The summed E-state index contributed by atoms with van der Waals surface area (Å²) in [6.45, 7) is 0. The fraction of sp³-hybridized carbons (Fsp3) is 0.458. The summed E-state index contributed by atoms with van der Waals surface area (Å²) in [5.74, 6) is 0.174. The summed E-state index contributed by atoms with van der Waals surface area (Å²) in [6, 6.07) is 13.4. The minimum atomic E-state index is -4.35. The molecule has 2 aliphatic rings. The number of hydrogen-bond donors (Lipinski definition) is 0. The van der Waals surface area contributed by atoms with Gasteiger partial charge in [-0.1, -0.05) is 55.7 Å². The van der Waals surface area contributed by atoms with Crippen molar-refractivity contribution in [3.8, 4) is 0 Å². The molecule has 29 heavy (non-hydrogen) atoms. The highest BCUT2D eigenvalue weighted by Crippen LogP contribution is 2.36. The van der Waals surface area contributed by atoms with Crippen LogP contribution >= 0.6 is 0 Å². The van der Waals surface area contributed by atoms with E-state index in [2.05, 4.69) is 6.07 Å². The lowest BCUT2D eigenvalue weighted by atomic mass is 9.85. The first kappa shape index (κ1) is 20.0. The van der Waals surface area contributed by atoms with E-state index < -0.39 is 11.7 Å². The number of benzene rings is 2. The number of anilines is 1. The Morgan fingerprint density at radius 1 is 0.966 bits per heavy atom. The molecule has 0 spiro atoms. The monoisotopic (exact) mass is 401 g/mol. The Balaban J connectivity index is 1.64. The van der Waals surface area contributed by atoms with Gasteiger partial charge in [-0.25, -0.2) is 0 Å². The van der Waals surface area contributed by atoms with Crippen molar-refractivity contribution >= 4 is 11.6 Å². The van der Waals surface area contributed by atoms with Crippen LogP contribution in [0.1, 0.15) is 55.2 Å². The topological polar surface area (TPSA) is 20.3 Å². The van der Waals surface area contributed by atoms with E-state index in [1.165, 1.54) is 18.6 Å². The molecule has 5 heteroatoms. The number of amides is 1. The van der Waals surface area contributed by atoms with Crippen LogP contribution in [0.2, 0.25) is 0 Å². The Morgan fingerprint density at radius 3 is 2.48 bits per heavy atom. The Hall–Kier alpha value is -2.30. The highest BCUT2D eigenvalue weighted by atomic mass is 19.4. The van der Waals surface area contributed by atoms with E-state index in [1.807, 2.05) is 23.1 Å². The molecule has 0 aromatic heterocycles. The van der Waals surface area contributed by atoms with Crippen molar-refractivity contribution in [2.75, 3.05) is 4.90 Å². The average molecular weight is 401 g/mol. The lowest BCUT2D eigenvalue weighted by molar-refractivity contribution is -0.137. The summed E-state index contributed by atoms with van der Waals surface area (Å²) in [5.41, 5.74) is 2.09. The minimum absolute atomic E-state index is 0.0268. The SMILES string of the molecule is O=C(C1CCCCC1)N1c2ccccc2CCC1Cc1cccc(C(F)(F)F)c1. The van der Waals surface area contributed by atoms with E-state index in [0.29, 0.717) is 12.0 Å². The summed E-state index contributed by atoms with van der Waals surface area (Å²) in [4.78, 5) is 15.4. The molecule has 1 atom stereocenters. The van der Waals surface area contributed by atoms with E-state index in [0.717, 1.165) is 55.8 Å². The minimum Gasteiger partial charge on any atom is -0.309 e. The number of halogens is 3. The molecule has 1 saturated carbocycles. The number of nitrogens with zero attached hydrogens (tertiary/aromatic N) is 1. The molecular formula is C24H26F3NO. The fourth-order valence-electron chi connectivity index (χ4n) is 4.79. The van der Waals surface area contributed by atoms with Crippen LogP contribution in [-0.4, -0.2) is 11.9 Å². The quantitative estimate of drug-likeness (QED) is 0.602. The molecule has 1 amide bonds. The zero-order valence-corrected chi connectivity index (χ0v) is 16.4. The molecule has 1 aliphatic heterocycles. The average Bonchev–Trinajstić information content (AvgIpc) is 2.73. The molecule has 154 valence electrons. The fourth-order valence-corrected chi connectivity index (χ4v) is 4.79. The second kappa shape index (κ2) is 8.21. The molecule has 0 bridgehead atoms. The first-order valence-corrected chi connectivity index (χ1v) is 10.5. The summed E-state index contributed by atoms with van der Waals surface area (Å²) in [7, 11) is 0. The van der Waals surface area contributed by atoms with Gasteiger partial charge in [-0.05, 0) is 55.4 Å². The first-order chi connectivity index (χ1) is 13.9. The lowest BCUT2D eigenvalue weighted by Gasteiger charge is -2.40. The number of alkyl halides is 3. The van der Waals surface area contributed by atoms with Crippen molar-refractivity contribution in [1.82, 2.24) is 0 Å². The summed E-state index contributed by atoms with van der Waals surface area (Å²) in [6.07, 6.45) is 2.84. The number of aryl methyl sites for hydroxylation is 1. The van der Waals surface area contributed by atoms with Gasteiger partial charge in [0, 0.05) is 17.6 Å². The van der Waals surface area contributed by atoms with E-state index >= 15 is 0 Å². The van der Waals surface area contributed by atoms with Crippen LogP contribution in [0.25, 0.3) is 0 Å². The molecule has 4 rings (SSSR count). The van der Waals surface area contributed by atoms with E-state index in [9.17, 15) is 18.0 Å². The second-order valence-corrected chi connectivity index (χ2v) is 8.27. The van der Waals surface area contributed by atoms with Gasteiger partial charge < -0.3 is 4.90 Å². The number of hydrogen-bond acceptors (Lipinski definition) is 1. The normalized spacial score (nSPS) is 20.4. The third kappa shape index (κ3) is 4.34. The Labute approximate surface area is 169 Å². The van der Waals surface area contributed by atoms with Gasteiger partial charge in [0.15, 0.2) is 0 Å². The number of para-hydroxylation sites is 1. The smallest absolute Gasteiger partial charge is 0.309 e. The summed E-state index contributed by atoms with van der Waals surface area (Å²) in [5, 5.41) is 0. The molecule has 0 saturated heterocycles. The van der Waals surface area contributed by atoms with E-state index in [1.54, 1.807) is 6.07 Å². The van der Waals surface area contributed by atoms with Gasteiger partial charge in [-0.2, -0.15) is 13.2 Å². The van der Waals surface area contributed by atoms with Crippen LogP contribution in [0.3, 0.4) is 0 Å². The molecule has 2 aromatic rings. The highest BCUT2D eigenvalue weighted by molar-refractivity contribution is 5.97. The third-order valence-electron chi connectivity index (χ3n) is 6.28. The van der Waals surface area contributed by atoms with E-state index in [4.69, 9.17) is 0 Å². The van der Waals surface area contributed by atoms with E-state index in [-0.39, 0.29) is 17.9 Å². The maximum absolute atomic E-state index is 13.5. The van der Waals surface area contributed by atoms with Gasteiger partial charge in [0.25, 0.3) is 0 Å². The number of fused-ring (bicyclic) bond motifs is 1. The van der Waals surface area contributed by atoms with Crippen molar-refractivity contribution in [1.29, 1.82) is 0 Å². The molecular weight excluding hydrogens is 375 g/mol. The Morgan fingerprint density at radius 2 is 1.72 bits per heavy atom. The molecule has 2 nitrogen and oxygen atoms in total. The third-order valence-corrected chi connectivity index (χ3v) is 6.28. The van der Waals surface area contributed by atoms with Crippen molar-refractivity contribution in [3.05, 3.63) is 65.2 Å². The molecule has 0 N–H and O–H groups in total. The van der Waals surface area contributed by atoms with Crippen LogP contribution in [-0.2, 0) is 23.8 Å². The largest absolute Gasteiger partial charge is 0.416 e. The van der Waals surface area contributed by atoms with Gasteiger partial charge in [0.1, 0.15) is 0 Å². The van der Waals surface area contributed by atoms with Gasteiger partial charge in [-0.3, -0.25) is 4.79 Å². The number of rotatable bonds is 3. The molecule has 1 heterocycles. The maximum Gasteiger partial charge on any atom is 0.416 e. The highest BCUT2D eigenvalue weighted by Gasteiger charge is 2.36. The number of carbonyl (C=O) groups is 1. The second-order valence-electron chi connectivity index (χ2n) is 8.27. The molecule has 1 unspecified atom stereocenters. The number of carbonyl (C=O) groups excluding carboxylic acids is 1. The zero-order valence-electron chi connectivity index (χ0n) is 16.4. The van der Waals surface area contributed by atoms with Crippen molar-refractivity contribution in [2.45, 2.75) is 63.6 Å². The predicted octanol–water partition coefficient (Wildman–Crippen LogP) is 6.18. The summed E-state index contributed by atoms with van der Waals surface area (Å²) >= 11 is 0. The van der Waals surface area contributed by atoms with Gasteiger partial charge in [-0.15, -0.1) is 0 Å². The van der Waals surface area contributed by atoms with Crippen LogP contribution in [0.4, 0.5) is 18.9 Å². The van der Waals surface area contributed by atoms with Crippen LogP contribution in [0, 0.1) is 5.92 Å². The first-order valence-electron chi connectivity index (χ1n) is 10.5. The van der Waals surface area contributed by atoms with Gasteiger partial charge in [0.2, 0.25) is 5.91 Å².